The molecule has 1 aliphatic heterocycles. The van der Waals surface area contributed by atoms with Crippen molar-refractivity contribution >= 4 is 23.0 Å². The predicted molar refractivity (Wildman–Crippen MR) is 53.2 cm³/mol. The molecule has 1 N–H and O–H groups in total. The number of amides is 1. The third-order valence-corrected chi connectivity index (χ3v) is 3.09. The van der Waals surface area contributed by atoms with Gasteiger partial charge in [0, 0.05) is 23.8 Å². The third-order valence-electron chi connectivity index (χ3n) is 2.12. The molecule has 0 saturated heterocycles. The van der Waals surface area contributed by atoms with Gasteiger partial charge in [0.1, 0.15) is 4.88 Å². The van der Waals surface area contributed by atoms with Gasteiger partial charge in [-0.15, -0.1) is 11.3 Å². The van der Waals surface area contributed by atoms with Gasteiger partial charge in [-0.1, -0.05) is 0 Å². The number of nitrogens with one attached hydrogen (secondary N) is 1. The number of nitrogens with zero attached hydrogens (tertiary/aromatic N) is 1. The van der Waals surface area contributed by atoms with Crippen LogP contribution in [0.1, 0.15) is 23.3 Å². The summed E-state index contributed by atoms with van der Waals surface area (Å²) in [7, 11) is 0. The van der Waals surface area contributed by atoms with Crippen molar-refractivity contribution in [2.24, 2.45) is 5.10 Å². The number of rotatable bonds is 1. The highest BCUT2D eigenvalue weighted by Gasteiger charge is 2.33. The number of thiophene rings is 1. The van der Waals surface area contributed by atoms with Gasteiger partial charge in [-0.3, -0.25) is 4.79 Å². The molecule has 0 atom stereocenters. The van der Waals surface area contributed by atoms with E-state index in [4.69, 9.17) is 0 Å². The van der Waals surface area contributed by atoms with Crippen LogP contribution in [-0.4, -0.2) is 11.6 Å². The van der Waals surface area contributed by atoms with Gasteiger partial charge >= 0.3 is 6.18 Å². The van der Waals surface area contributed by atoms with Crippen LogP contribution in [0.4, 0.5) is 13.2 Å². The summed E-state index contributed by atoms with van der Waals surface area (Å²) in [6.45, 7) is 0. The first-order valence-electron chi connectivity index (χ1n) is 4.48. The zero-order valence-corrected chi connectivity index (χ0v) is 8.78. The molecule has 2 heterocycles. The van der Waals surface area contributed by atoms with E-state index in [0.29, 0.717) is 29.0 Å². The number of hydrogen-bond acceptors (Lipinski definition) is 3. The topological polar surface area (TPSA) is 41.5 Å². The van der Waals surface area contributed by atoms with Crippen molar-refractivity contribution in [1.29, 1.82) is 0 Å². The summed E-state index contributed by atoms with van der Waals surface area (Å²) in [6, 6.07) is 1.06. The normalized spacial score (nSPS) is 16.9. The van der Waals surface area contributed by atoms with Crippen molar-refractivity contribution in [1.82, 2.24) is 5.43 Å². The first-order chi connectivity index (χ1) is 7.47. The minimum Gasteiger partial charge on any atom is -0.273 e. The molecule has 0 aliphatic carbocycles. The van der Waals surface area contributed by atoms with Crippen LogP contribution in [0.3, 0.4) is 0 Å². The second-order valence-corrected chi connectivity index (χ2v) is 4.20. The lowest BCUT2D eigenvalue weighted by Gasteiger charge is -2.10. The van der Waals surface area contributed by atoms with Crippen molar-refractivity contribution in [3.05, 3.63) is 21.9 Å². The molecule has 1 aliphatic rings. The molecule has 0 aromatic carbocycles. The van der Waals surface area contributed by atoms with Crippen LogP contribution in [0.5, 0.6) is 0 Å². The van der Waals surface area contributed by atoms with Crippen molar-refractivity contribution in [2.75, 3.05) is 0 Å². The van der Waals surface area contributed by atoms with E-state index in [-0.39, 0.29) is 12.3 Å². The van der Waals surface area contributed by atoms with Gasteiger partial charge < -0.3 is 0 Å². The van der Waals surface area contributed by atoms with E-state index in [1.807, 2.05) is 0 Å². The van der Waals surface area contributed by atoms with E-state index in [1.54, 1.807) is 0 Å². The lowest BCUT2D eigenvalue weighted by atomic mass is 10.1. The van der Waals surface area contributed by atoms with Gasteiger partial charge in [0.15, 0.2) is 0 Å². The van der Waals surface area contributed by atoms with Crippen LogP contribution < -0.4 is 5.43 Å². The number of halogens is 3. The molecule has 1 aromatic rings. The Labute approximate surface area is 93.0 Å². The van der Waals surface area contributed by atoms with E-state index in [2.05, 4.69) is 10.5 Å². The zero-order valence-electron chi connectivity index (χ0n) is 7.97. The third kappa shape index (κ3) is 2.24. The van der Waals surface area contributed by atoms with Gasteiger partial charge in [-0.25, -0.2) is 5.43 Å². The molecule has 0 unspecified atom stereocenters. The molecule has 1 amide bonds. The molecule has 0 fully saturated rings. The molecular formula is C9H7F3N2OS. The maximum absolute atomic E-state index is 12.3. The summed E-state index contributed by atoms with van der Waals surface area (Å²) < 4.78 is 37.0. The monoisotopic (exact) mass is 248 g/mol. The Morgan fingerprint density at radius 1 is 1.38 bits per heavy atom. The van der Waals surface area contributed by atoms with Gasteiger partial charge in [-0.05, 0) is 6.07 Å². The minimum absolute atomic E-state index is 0.213. The van der Waals surface area contributed by atoms with Gasteiger partial charge in [0.2, 0.25) is 5.91 Å². The summed E-state index contributed by atoms with van der Waals surface area (Å²) in [5, 5.41) is 5.13. The van der Waals surface area contributed by atoms with E-state index >= 15 is 0 Å². The fourth-order valence-electron chi connectivity index (χ4n) is 1.32. The fraction of sp³-hybridized carbons (Fsp3) is 0.333. The highest BCUT2D eigenvalue weighted by Crippen LogP contribution is 2.34. The standard InChI is InChI=1S/C9H7F3N2OS/c10-9(11,12)7-3-5(4-16-7)6-1-2-8(15)14-13-6/h3-4H,1-2H2,(H,14,15). The zero-order chi connectivity index (χ0) is 11.8. The summed E-state index contributed by atoms with van der Waals surface area (Å²) in [5.41, 5.74) is 3.17. The quantitative estimate of drug-likeness (QED) is 0.814. The maximum Gasteiger partial charge on any atom is 0.425 e. The van der Waals surface area contributed by atoms with E-state index < -0.39 is 11.1 Å². The largest absolute Gasteiger partial charge is 0.425 e. The molecule has 2 rings (SSSR count). The summed E-state index contributed by atoms with van der Waals surface area (Å²) in [5.74, 6) is -0.213. The predicted octanol–water partition coefficient (Wildman–Crippen LogP) is 2.38. The Morgan fingerprint density at radius 3 is 2.62 bits per heavy atom. The second-order valence-electron chi connectivity index (χ2n) is 3.29. The Bertz CT molecular complexity index is 450. The van der Waals surface area contributed by atoms with Crippen LogP contribution in [0.15, 0.2) is 16.5 Å². The fourth-order valence-corrected chi connectivity index (χ4v) is 2.11. The van der Waals surface area contributed by atoms with Gasteiger partial charge in [0.25, 0.3) is 0 Å². The van der Waals surface area contributed by atoms with E-state index in [0.717, 1.165) is 6.07 Å². The minimum atomic E-state index is -4.32. The average molecular weight is 248 g/mol. The summed E-state index contributed by atoms with van der Waals surface area (Å²) in [4.78, 5) is 10.2. The lowest BCUT2D eigenvalue weighted by Crippen LogP contribution is -2.25. The molecule has 3 nitrogen and oxygen atoms in total. The maximum atomic E-state index is 12.3. The van der Waals surface area contributed by atoms with Crippen molar-refractivity contribution in [3.63, 3.8) is 0 Å². The average Bonchev–Trinajstić information content (AvgIpc) is 2.67. The van der Waals surface area contributed by atoms with Crippen LogP contribution >= 0.6 is 11.3 Å². The number of carbonyl (C=O) groups excluding carboxylic acids is 1. The first kappa shape index (κ1) is 11.1. The lowest BCUT2D eigenvalue weighted by molar-refractivity contribution is -0.134. The van der Waals surface area contributed by atoms with Crippen molar-refractivity contribution in [2.45, 2.75) is 19.0 Å². The summed E-state index contributed by atoms with van der Waals surface area (Å²) >= 11 is 0.632. The highest BCUT2D eigenvalue weighted by molar-refractivity contribution is 7.10. The Kier molecular flexibility index (Phi) is 2.71. The van der Waals surface area contributed by atoms with Crippen LogP contribution in [0.2, 0.25) is 0 Å². The molecule has 16 heavy (non-hydrogen) atoms. The number of hydrazone groups is 1. The molecule has 0 saturated carbocycles. The first-order valence-corrected chi connectivity index (χ1v) is 5.36. The molecule has 0 radical (unpaired) electrons. The summed E-state index contributed by atoms with van der Waals surface area (Å²) in [6.07, 6.45) is -3.68. The molecule has 0 spiro atoms. The van der Waals surface area contributed by atoms with Gasteiger partial charge in [0.05, 0.1) is 5.71 Å². The smallest absolute Gasteiger partial charge is 0.273 e. The number of hydrogen-bond donors (Lipinski definition) is 1. The molecule has 7 heteroatoms. The van der Waals surface area contributed by atoms with Crippen molar-refractivity contribution < 1.29 is 18.0 Å². The number of carbonyl (C=O) groups is 1. The molecule has 86 valence electrons. The highest BCUT2D eigenvalue weighted by atomic mass is 32.1. The molecule has 1 aromatic heterocycles. The molecule has 0 bridgehead atoms. The Morgan fingerprint density at radius 2 is 2.12 bits per heavy atom. The van der Waals surface area contributed by atoms with E-state index in [9.17, 15) is 18.0 Å². The van der Waals surface area contributed by atoms with E-state index in [1.165, 1.54) is 5.38 Å². The molecular weight excluding hydrogens is 241 g/mol. The Hall–Kier alpha value is -1.37. The Balaban J connectivity index is 2.23. The van der Waals surface area contributed by atoms with Crippen molar-refractivity contribution in [3.8, 4) is 0 Å². The van der Waals surface area contributed by atoms with Crippen LogP contribution in [-0.2, 0) is 11.0 Å². The van der Waals surface area contributed by atoms with Gasteiger partial charge in [-0.2, -0.15) is 18.3 Å². The SMILES string of the molecule is O=C1CCC(c2csc(C(F)(F)F)c2)=NN1. The van der Waals surface area contributed by atoms with Crippen LogP contribution in [0.25, 0.3) is 0 Å². The van der Waals surface area contributed by atoms with Crippen LogP contribution in [0, 0.1) is 0 Å². The second kappa shape index (κ2) is 3.89. The number of alkyl halides is 3.